The van der Waals surface area contributed by atoms with Crippen LogP contribution in [0.3, 0.4) is 0 Å². The fourth-order valence-electron chi connectivity index (χ4n) is 9.07. The largest absolute Gasteiger partial charge is 0.466 e. The quantitative estimate of drug-likeness (QED) is 0.0195. The van der Waals surface area contributed by atoms with E-state index in [1.54, 1.807) is 6.08 Å². The van der Waals surface area contributed by atoms with E-state index in [2.05, 4.69) is 55.6 Å². The molecular weight excluding hydrogens is 907 g/mol. The number of carbonyl (C=O) groups excluding carboxylic acids is 2. The Morgan fingerprint density at radius 3 is 1.42 bits per heavy atom. The summed E-state index contributed by atoms with van der Waals surface area (Å²) in [4.78, 5) is 25.0. The maximum Gasteiger partial charge on any atom is 0.305 e. The zero-order valence-corrected chi connectivity index (χ0v) is 46.1. The molecule has 0 aromatic carbocycles. The molecule has 1 rings (SSSR count). The third-order valence-electron chi connectivity index (χ3n) is 13.9. The highest BCUT2D eigenvalue weighted by Crippen LogP contribution is 2.23. The first-order valence-corrected chi connectivity index (χ1v) is 29.9. The molecule has 0 bridgehead atoms. The Labute approximate surface area is 440 Å². The molecule has 1 amide bonds. The van der Waals surface area contributed by atoms with Crippen molar-refractivity contribution in [3.8, 4) is 0 Å². The highest BCUT2D eigenvalue weighted by atomic mass is 16.7. The number of aliphatic hydroxyl groups is 5. The summed E-state index contributed by atoms with van der Waals surface area (Å²) in [6, 6.07) is -0.834. The van der Waals surface area contributed by atoms with Crippen molar-refractivity contribution in [2.45, 2.75) is 307 Å². The zero-order chi connectivity index (χ0) is 52.4. The molecule has 0 saturated carbocycles. The van der Waals surface area contributed by atoms with Crippen molar-refractivity contribution < 1.29 is 49.3 Å². The van der Waals surface area contributed by atoms with Crippen LogP contribution < -0.4 is 5.32 Å². The number of rotatable bonds is 51. The minimum atomic E-state index is -1.58. The van der Waals surface area contributed by atoms with E-state index in [1.165, 1.54) is 161 Å². The lowest BCUT2D eigenvalue weighted by Crippen LogP contribution is -2.60. The molecule has 0 spiro atoms. The number of aliphatic hydroxyl groups excluding tert-OH is 5. The van der Waals surface area contributed by atoms with Crippen LogP contribution in [0.15, 0.2) is 48.6 Å². The van der Waals surface area contributed by atoms with Crippen molar-refractivity contribution >= 4 is 11.9 Å². The minimum absolute atomic E-state index is 0.0199. The maximum absolute atomic E-state index is 13.0. The Hall–Kier alpha value is -2.38. The molecule has 0 radical (unpaired) electrons. The van der Waals surface area contributed by atoms with E-state index >= 15 is 0 Å². The summed E-state index contributed by atoms with van der Waals surface area (Å²) in [5, 5.41) is 54.3. The first-order valence-electron chi connectivity index (χ1n) is 29.9. The molecule has 6 N–H and O–H groups in total. The highest BCUT2D eigenvalue weighted by Gasteiger charge is 2.44. The molecule has 0 aromatic heterocycles. The minimum Gasteiger partial charge on any atom is -0.466 e. The van der Waals surface area contributed by atoms with Crippen LogP contribution in [0.5, 0.6) is 0 Å². The van der Waals surface area contributed by atoms with E-state index in [9.17, 15) is 35.1 Å². The summed E-state index contributed by atoms with van der Waals surface area (Å²) in [7, 11) is 0. The molecule has 420 valence electrons. The monoisotopic (exact) mass is 1020 g/mol. The van der Waals surface area contributed by atoms with E-state index in [1.807, 2.05) is 6.08 Å². The number of hydrogen-bond donors (Lipinski definition) is 6. The van der Waals surface area contributed by atoms with Crippen LogP contribution in [0.25, 0.3) is 0 Å². The third-order valence-corrected chi connectivity index (χ3v) is 13.9. The van der Waals surface area contributed by atoms with Crippen LogP contribution in [-0.4, -0.2) is 100 Å². The molecule has 72 heavy (non-hydrogen) atoms. The van der Waals surface area contributed by atoms with Gasteiger partial charge in [-0.1, -0.05) is 210 Å². The molecule has 1 aliphatic rings. The Bertz CT molecular complexity index is 1340. The Morgan fingerprint density at radius 2 is 0.917 bits per heavy atom. The van der Waals surface area contributed by atoms with Crippen molar-refractivity contribution in [2.75, 3.05) is 19.8 Å². The summed E-state index contributed by atoms with van der Waals surface area (Å²) in [5.41, 5.74) is 0. The summed E-state index contributed by atoms with van der Waals surface area (Å²) in [6.45, 7) is 4.26. The van der Waals surface area contributed by atoms with Crippen LogP contribution in [0.2, 0.25) is 0 Å². The number of esters is 1. The van der Waals surface area contributed by atoms with Crippen LogP contribution in [0.4, 0.5) is 0 Å². The molecule has 1 aliphatic heterocycles. The van der Waals surface area contributed by atoms with E-state index in [-0.39, 0.29) is 18.5 Å². The number of carbonyl (C=O) groups is 2. The predicted molar refractivity (Wildman–Crippen MR) is 297 cm³/mol. The van der Waals surface area contributed by atoms with Gasteiger partial charge in [-0.25, -0.2) is 0 Å². The Kier molecular flexibility index (Phi) is 47.7. The number of amides is 1. The average Bonchev–Trinajstić information content (AvgIpc) is 3.38. The van der Waals surface area contributed by atoms with Crippen molar-refractivity contribution in [1.82, 2.24) is 5.32 Å². The van der Waals surface area contributed by atoms with Crippen molar-refractivity contribution in [3.63, 3.8) is 0 Å². The average molecular weight is 1020 g/mol. The Balaban J connectivity index is 2.11. The molecule has 0 aromatic rings. The van der Waals surface area contributed by atoms with Gasteiger partial charge in [0, 0.05) is 12.8 Å². The molecule has 1 heterocycles. The first kappa shape index (κ1) is 67.6. The number of unbranched alkanes of at least 4 members (excludes halogenated alkanes) is 31. The van der Waals surface area contributed by atoms with Gasteiger partial charge < -0.3 is 45.1 Å². The summed E-state index contributed by atoms with van der Waals surface area (Å²) in [5.74, 6) is -0.221. The number of nitrogens with one attached hydrogen (secondary N) is 1. The first-order chi connectivity index (χ1) is 35.2. The van der Waals surface area contributed by atoms with Crippen molar-refractivity contribution in [3.05, 3.63) is 48.6 Å². The molecule has 11 nitrogen and oxygen atoms in total. The van der Waals surface area contributed by atoms with E-state index < -0.39 is 49.5 Å². The van der Waals surface area contributed by atoms with Crippen molar-refractivity contribution in [2.24, 2.45) is 0 Å². The van der Waals surface area contributed by atoms with Gasteiger partial charge in [0.25, 0.3) is 0 Å². The topological polar surface area (TPSA) is 175 Å². The maximum atomic E-state index is 13.0. The van der Waals surface area contributed by atoms with Gasteiger partial charge in [-0.2, -0.15) is 0 Å². The smallest absolute Gasteiger partial charge is 0.305 e. The standard InChI is InChI=1S/C61H111NO10/c1-3-5-7-9-11-13-15-24-28-31-35-39-43-47-54(64)53(52-71-61-60(69)59(68)58(67)55(51-63)72-61)62-56(65)48-44-40-36-32-29-25-22-20-18-16-17-19-21-23-26-30-34-38-42-46-50-70-57(66)49-45-41-37-33-27-14-12-10-8-6-4-2/h10,12,16,18,28,31,43,47,53-55,58-61,63-64,67-69H,3-9,11,13-15,17,19-27,29-30,32-42,44-46,48-52H2,1-2H3,(H,62,65)/b12-10-,18-16-,31-28+,47-43+. The van der Waals surface area contributed by atoms with E-state index in [4.69, 9.17) is 14.2 Å². The van der Waals surface area contributed by atoms with Crippen LogP contribution in [0.1, 0.15) is 264 Å². The van der Waals surface area contributed by atoms with E-state index in [0.29, 0.717) is 19.4 Å². The second-order valence-electron chi connectivity index (χ2n) is 20.7. The lowest BCUT2D eigenvalue weighted by Gasteiger charge is -2.40. The van der Waals surface area contributed by atoms with Gasteiger partial charge in [-0.15, -0.1) is 0 Å². The molecular formula is C61H111NO10. The van der Waals surface area contributed by atoms with Gasteiger partial charge >= 0.3 is 5.97 Å². The molecule has 11 heteroatoms. The van der Waals surface area contributed by atoms with Gasteiger partial charge in [0.15, 0.2) is 6.29 Å². The SMILES string of the molecule is CCCC/C=C\CCCCCCCC(=O)OCCCCCCCCCCC/C=C\CCCCCCCCCC(=O)NC(COC1OC(CO)C(O)C(O)C1O)C(O)/C=C/CC/C=C/CCCCCCCCC. The van der Waals surface area contributed by atoms with Crippen LogP contribution >= 0.6 is 0 Å². The lowest BCUT2D eigenvalue weighted by molar-refractivity contribution is -0.302. The summed E-state index contributed by atoms with van der Waals surface area (Å²) in [6.07, 6.45) is 53.4. The summed E-state index contributed by atoms with van der Waals surface area (Å²) >= 11 is 0. The molecule has 7 atom stereocenters. The number of allylic oxidation sites excluding steroid dienone is 7. The fourth-order valence-corrected chi connectivity index (χ4v) is 9.07. The highest BCUT2D eigenvalue weighted by molar-refractivity contribution is 5.76. The van der Waals surface area contributed by atoms with Crippen LogP contribution in [0, 0.1) is 0 Å². The van der Waals surface area contributed by atoms with Gasteiger partial charge in [0.1, 0.15) is 24.4 Å². The second-order valence-corrected chi connectivity index (χ2v) is 20.7. The second kappa shape index (κ2) is 50.8. The summed E-state index contributed by atoms with van der Waals surface area (Å²) < 4.78 is 16.7. The predicted octanol–water partition coefficient (Wildman–Crippen LogP) is 13.7. The van der Waals surface area contributed by atoms with Crippen LogP contribution in [-0.2, 0) is 23.8 Å². The lowest BCUT2D eigenvalue weighted by atomic mass is 9.99. The molecule has 0 aliphatic carbocycles. The number of hydrogen-bond acceptors (Lipinski definition) is 10. The van der Waals surface area contributed by atoms with Crippen molar-refractivity contribution in [1.29, 1.82) is 0 Å². The van der Waals surface area contributed by atoms with Gasteiger partial charge in [-0.05, 0) is 89.9 Å². The molecule has 1 saturated heterocycles. The molecule has 7 unspecified atom stereocenters. The van der Waals surface area contributed by atoms with Gasteiger partial charge in [0.2, 0.25) is 5.91 Å². The zero-order valence-electron chi connectivity index (χ0n) is 46.1. The third kappa shape index (κ3) is 40.0. The Morgan fingerprint density at radius 1 is 0.500 bits per heavy atom. The van der Waals surface area contributed by atoms with E-state index in [0.717, 1.165) is 77.0 Å². The van der Waals surface area contributed by atoms with Gasteiger partial charge in [0.05, 0.1) is 32.0 Å². The van der Waals surface area contributed by atoms with Gasteiger partial charge in [-0.3, -0.25) is 9.59 Å². The number of ether oxygens (including phenoxy) is 3. The fraction of sp³-hybridized carbons (Fsp3) is 0.836. The molecule has 1 fully saturated rings. The normalized spacial score (nSPS) is 19.3.